The Morgan fingerprint density at radius 3 is 2.75 bits per heavy atom. The molecule has 0 atom stereocenters. The molecule has 5 nitrogen and oxygen atoms in total. The van der Waals surface area contributed by atoms with Gasteiger partial charge in [-0.2, -0.15) is 5.26 Å². The third kappa shape index (κ3) is 1.62. The van der Waals surface area contributed by atoms with Crippen molar-refractivity contribution in [2.24, 2.45) is 12.5 Å². The van der Waals surface area contributed by atoms with Gasteiger partial charge < -0.3 is 14.2 Å². The quantitative estimate of drug-likeness (QED) is 0.833. The van der Waals surface area contributed by atoms with Crippen molar-refractivity contribution in [2.75, 3.05) is 25.2 Å². The molecule has 1 aliphatic rings. The molecule has 0 saturated carbocycles. The molecule has 2 heterocycles. The summed E-state index contributed by atoms with van der Waals surface area (Å²) < 4.78 is 7.03. The molecule has 1 amide bonds. The third-order valence-electron chi connectivity index (χ3n) is 3.86. The van der Waals surface area contributed by atoms with Crippen LogP contribution in [-0.4, -0.2) is 30.7 Å². The molecule has 0 aliphatic carbocycles. The van der Waals surface area contributed by atoms with E-state index < -0.39 is 5.41 Å². The highest BCUT2D eigenvalue weighted by Gasteiger charge is 2.48. The number of aromatic nitrogens is 1. The number of fused-ring (bicyclic) bond motifs is 1. The standard InChI is InChI=1S/C15H15N3O2/c1-17-7-13(11-5-3-4-6-12(11)17)18(2)14(19)15(8-16)9-20-10-15/h3-7H,9-10H2,1-2H3. The van der Waals surface area contributed by atoms with Crippen LogP contribution in [0.15, 0.2) is 30.5 Å². The Bertz CT molecular complexity index is 722. The maximum Gasteiger partial charge on any atom is 0.252 e. The molecule has 0 N–H and O–H groups in total. The van der Waals surface area contributed by atoms with E-state index in [2.05, 4.69) is 6.07 Å². The lowest BCUT2D eigenvalue weighted by molar-refractivity contribution is -0.146. The molecule has 1 aromatic heterocycles. The number of aryl methyl sites for hydroxylation is 1. The van der Waals surface area contributed by atoms with Crippen molar-refractivity contribution in [1.29, 1.82) is 5.26 Å². The first-order chi connectivity index (χ1) is 9.59. The number of carbonyl (C=O) groups excluding carboxylic acids is 1. The maximum atomic E-state index is 12.5. The number of ether oxygens (including phenoxy) is 1. The molecule has 1 aliphatic heterocycles. The lowest BCUT2D eigenvalue weighted by atomic mass is 9.86. The van der Waals surface area contributed by atoms with E-state index in [1.807, 2.05) is 42.1 Å². The third-order valence-corrected chi connectivity index (χ3v) is 3.86. The Labute approximate surface area is 117 Å². The van der Waals surface area contributed by atoms with E-state index in [1.54, 1.807) is 11.9 Å². The minimum atomic E-state index is -1.02. The normalized spacial score (nSPS) is 16.4. The predicted octanol–water partition coefficient (Wildman–Crippen LogP) is 1.68. The first kappa shape index (κ1) is 12.7. The van der Waals surface area contributed by atoms with Crippen molar-refractivity contribution in [2.45, 2.75) is 0 Å². The number of para-hydroxylation sites is 1. The summed E-state index contributed by atoms with van der Waals surface area (Å²) in [7, 11) is 3.65. The molecule has 0 unspecified atom stereocenters. The average molecular weight is 269 g/mol. The zero-order valence-electron chi connectivity index (χ0n) is 11.5. The lowest BCUT2D eigenvalue weighted by Gasteiger charge is -2.36. The fourth-order valence-corrected chi connectivity index (χ4v) is 2.56. The van der Waals surface area contributed by atoms with Gasteiger partial charge in [0.25, 0.3) is 5.91 Å². The fraction of sp³-hybridized carbons (Fsp3) is 0.333. The summed E-state index contributed by atoms with van der Waals surface area (Å²) in [5.41, 5.74) is 0.846. The van der Waals surface area contributed by atoms with Crippen molar-refractivity contribution in [1.82, 2.24) is 4.57 Å². The number of hydrogen-bond acceptors (Lipinski definition) is 3. The van der Waals surface area contributed by atoms with E-state index in [-0.39, 0.29) is 19.1 Å². The molecule has 1 aromatic carbocycles. The van der Waals surface area contributed by atoms with Gasteiger partial charge in [0.15, 0.2) is 5.41 Å². The second-order valence-corrected chi connectivity index (χ2v) is 5.19. The number of rotatable bonds is 2. The van der Waals surface area contributed by atoms with Crippen LogP contribution in [0.25, 0.3) is 10.9 Å². The van der Waals surface area contributed by atoms with Crippen LogP contribution in [0.2, 0.25) is 0 Å². The Hall–Kier alpha value is -2.32. The van der Waals surface area contributed by atoms with Gasteiger partial charge in [-0.15, -0.1) is 0 Å². The van der Waals surface area contributed by atoms with Gasteiger partial charge >= 0.3 is 0 Å². The number of anilines is 1. The Morgan fingerprint density at radius 1 is 1.45 bits per heavy atom. The molecule has 2 aromatic rings. The second-order valence-electron chi connectivity index (χ2n) is 5.19. The van der Waals surface area contributed by atoms with Crippen LogP contribution >= 0.6 is 0 Å². The van der Waals surface area contributed by atoms with Crippen molar-refractivity contribution in [3.63, 3.8) is 0 Å². The largest absolute Gasteiger partial charge is 0.377 e. The Kier molecular flexibility index (Phi) is 2.77. The number of nitrogens with zero attached hydrogens (tertiary/aromatic N) is 3. The van der Waals surface area contributed by atoms with Gasteiger partial charge in [0.1, 0.15) is 0 Å². The zero-order chi connectivity index (χ0) is 14.3. The molecule has 102 valence electrons. The first-order valence-corrected chi connectivity index (χ1v) is 6.40. The van der Waals surface area contributed by atoms with Gasteiger partial charge in [0, 0.05) is 31.2 Å². The SMILES string of the molecule is CN(C(=O)C1(C#N)COC1)c1cn(C)c2ccccc12. The van der Waals surface area contributed by atoms with Crippen LogP contribution in [-0.2, 0) is 16.6 Å². The number of hydrogen-bond donors (Lipinski definition) is 0. The molecule has 20 heavy (non-hydrogen) atoms. The topological polar surface area (TPSA) is 58.3 Å². The highest BCUT2D eigenvalue weighted by molar-refractivity contribution is 6.06. The molecule has 1 fully saturated rings. The van der Waals surface area contributed by atoms with Gasteiger partial charge in [-0.05, 0) is 6.07 Å². The van der Waals surface area contributed by atoms with Crippen LogP contribution in [0.1, 0.15) is 0 Å². The van der Waals surface area contributed by atoms with Gasteiger partial charge in [0.05, 0.1) is 25.0 Å². The van der Waals surface area contributed by atoms with Crippen LogP contribution in [0.3, 0.4) is 0 Å². The van der Waals surface area contributed by atoms with Crippen molar-refractivity contribution >= 4 is 22.5 Å². The molecule has 1 saturated heterocycles. The summed E-state index contributed by atoms with van der Waals surface area (Å²) in [6.45, 7) is 0.356. The minimum absolute atomic E-state index is 0.178. The summed E-state index contributed by atoms with van der Waals surface area (Å²) in [5.74, 6) is -0.206. The van der Waals surface area contributed by atoms with E-state index in [0.717, 1.165) is 16.6 Å². The molecule has 3 rings (SSSR count). The van der Waals surface area contributed by atoms with Crippen molar-refractivity contribution in [3.8, 4) is 6.07 Å². The fourth-order valence-electron chi connectivity index (χ4n) is 2.56. The molecular weight excluding hydrogens is 254 g/mol. The predicted molar refractivity (Wildman–Crippen MR) is 75.2 cm³/mol. The van der Waals surface area contributed by atoms with E-state index in [4.69, 9.17) is 4.74 Å². The van der Waals surface area contributed by atoms with Crippen LogP contribution in [0.5, 0.6) is 0 Å². The van der Waals surface area contributed by atoms with Crippen LogP contribution in [0.4, 0.5) is 5.69 Å². The minimum Gasteiger partial charge on any atom is -0.377 e. The van der Waals surface area contributed by atoms with E-state index in [0.29, 0.717) is 0 Å². The summed E-state index contributed by atoms with van der Waals surface area (Å²) in [5, 5.41) is 10.2. The summed E-state index contributed by atoms with van der Waals surface area (Å²) in [6.07, 6.45) is 1.91. The van der Waals surface area contributed by atoms with E-state index in [9.17, 15) is 10.1 Å². The monoisotopic (exact) mass is 269 g/mol. The summed E-state index contributed by atoms with van der Waals surface area (Å²) >= 11 is 0. The smallest absolute Gasteiger partial charge is 0.252 e. The molecule has 5 heteroatoms. The van der Waals surface area contributed by atoms with E-state index in [1.165, 1.54) is 0 Å². The van der Waals surface area contributed by atoms with Gasteiger partial charge in [-0.1, -0.05) is 18.2 Å². The van der Waals surface area contributed by atoms with Crippen LogP contribution < -0.4 is 4.90 Å². The summed E-state index contributed by atoms with van der Waals surface area (Å²) in [4.78, 5) is 14.1. The Balaban J connectivity index is 2.03. The lowest BCUT2D eigenvalue weighted by Crippen LogP contribution is -2.53. The maximum absolute atomic E-state index is 12.5. The number of nitriles is 1. The molecule has 0 radical (unpaired) electrons. The van der Waals surface area contributed by atoms with Gasteiger partial charge in [0.2, 0.25) is 0 Å². The van der Waals surface area contributed by atoms with E-state index >= 15 is 0 Å². The zero-order valence-corrected chi connectivity index (χ0v) is 11.5. The Morgan fingerprint density at radius 2 is 2.15 bits per heavy atom. The second kappa shape index (κ2) is 4.36. The molecule has 0 spiro atoms. The van der Waals surface area contributed by atoms with Crippen molar-refractivity contribution < 1.29 is 9.53 Å². The van der Waals surface area contributed by atoms with Crippen molar-refractivity contribution in [3.05, 3.63) is 30.5 Å². The van der Waals surface area contributed by atoms with Gasteiger partial charge in [-0.3, -0.25) is 4.79 Å². The van der Waals surface area contributed by atoms with Gasteiger partial charge in [-0.25, -0.2) is 0 Å². The van der Waals surface area contributed by atoms with Crippen LogP contribution in [0, 0.1) is 16.7 Å². The molecular formula is C15H15N3O2. The highest BCUT2D eigenvalue weighted by atomic mass is 16.5. The first-order valence-electron chi connectivity index (χ1n) is 6.40. The number of carbonyl (C=O) groups is 1. The summed E-state index contributed by atoms with van der Waals surface area (Å²) in [6, 6.07) is 9.98. The number of benzene rings is 1. The number of amides is 1. The highest BCUT2D eigenvalue weighted by Crippen LogP contribution is 2.34. The average Bonchev–Trinajstić information content (AvgIpc) is 2.75. The molecule has 0 bridgehead atoms.